The van der Waals surface area contributed by atoms with Gasteiger partial charge in [0.05, 0.1) is 17.9 Å². The Bertz CT molecular complexity index is 639. The molecule has 0 amide bonds. The van der Waals surface area contributed by atoms with E-state index >= 15 is 0 Å². The van der Waals surface area contributed by atoms with Crippen LogP contribution in [0.4, 0.5) is 0 Å². The second kappa shape index (κ2) is 3.45. The minimum Gasteiger partial charge on any atom is -0.349 e. The number of hydrogen-bond acceptors (Lipinski definition) is 2. The highest BCUT2D eigenvalue weighted by Gasteiger charge is 2.09. The summed E-state index contributed by atoms with van der Waals surface area (Å²) in [6.07, 6.45) is 7.67. The average molecular weight is 277 g/mol. The van der Waals surface area contributed by atoms with E-state index in [9.17, 15) is 0 Å². The Morgan fingerprint density at radius 3 is 3.00 bits per heavy atom. The Morgan fingerprint density at radius 2 is 2.25 bits per heavy atom. The van der Waals surface area contributed by atoms with Crippen LogP contribution in [0.5, 0.6) is 0 Å². The van der Waals surface area contributed by atoms with Gasteiger partial charge in [0.15, 0.2) is 0 Å². The smallest absolute Gasteiger partial charge is 0.106 e. The van der Waals surface area contributed by atoms with Crippen LogP contribution < -0.4 is 0 Å². The Labute approximate surface area is 100 Å². The second-order valence-electron chi connectivity index (χ2n) is 3.66. The first-order chi connectivity index (χ1) is 7.75. The maximum absolute atomic E-state index is 4.24. The number of pyridine rings is 1. The maximum Gasteiger partial charge on any atom is 0.106 e. The third kappa shape index (κ3) is 1.36. The van der Waals surface area contributed by atoms with Crippen LogP contribution in [0.2, 0.25) is 0 Å². The highest BCUT2D eigenvalue weighted by molar-refractivity contribution is 9.10. The number of H-pyrrole nitrogens is 1. The Balaban J connectivity index is 2.37. The van der Waals surface area contributed by atoms with E-state index in [1.54, 1.807) is 0 Å². The van der Waals surface area contributed by atoms with Gasteiger partial charge in [0.1, 0.15) is 4.60 Å². The summed E-state index contributed by atoms with van der Waals surface area (Å²) in [5.41, 5.74) is 3.36. The summed E-state index contributed by atoms with van der Waals surface area (Å²) in [4.78, 5) is 4.24. The van der Waals surface area contributed by atoms with Crippen molar-refractivity contribution in [3.63, 3.8) is 0 Å². The van der Waals surface area contributed by atoms with E-state index in [1.807, 2.05) is 31.7 Å². The van der Waals surface area contributed by atoms with Crippen LogP contribution in [0, 0.1) is 0 Å². The predicted molar refractivity (Wildman–Crippen MR) is 66.0 cm³/mol. The third-order valence-electron chi connectivity index (χ3n) is 2.65. The number of aromatic nitrogens is 4. The molecule has 16 heavy (non-hydrogen) atoms. The first-order valence-corrected chi connectivity index (χ1v) is 5.65. The number of nitrogens with zero attached hydrogens (tertiary/aromatic N) is 3. The summed E-state index contributed by atoms with van der Waals surface area (Å²) in [6.45, 7) is 0. The van der Waals surface area contributed by atoms with Gasteiger partial charge in [-0.15, -0.1) is 0 Å². The lowest BCUT2D eigenvalue weighted by molar-refractivity contribution is 0.965. The lowest BCUT2D eigenvalue weighted by Crippen LogP contribution is -1.84. The molecular weight excluding hydrogens is 268 g/mol. The summed E-state index contributed by atoms with van der Waals surface area (Å²) < 4.78 is 2.91. The standard InChI is InChI=1S/C11H9BrN4/c1-16-6-9(7-3-14-15-4-7)8-2-11(12)13-5-10(8)16/h2-6H,1H3,(H,14,15). The minimum atomic E-state index is 0.843. The van der Waals surface area contributed by atoms with Crippen molar-refractivity contribution in [2.24, 2.45) is 7.05 Å². The molecule has 0 unspecified atom stereocenters. The van der Waals surface area contributed by atoms with Crippen LogP contribution in [0.15, 0.2) is 35.5 Å². The summed E-state index contributed by atoms with van der Waals surface area (Å²) in [6, 6.07) is 2.03. The van der Waals surface area contributed by atoms with Crippen molar-refractivity contribution >= 4 is 26.8 Å². The van der Waals surface area contributed by atoms with Crippen molar-refractivity contribution in [3.05, 3.63) is 35.5 Å². The van der Waals surface area contributed by atoms with Crippen LogP contribution in [-0.2, 0) is 7.05 Å². The Kier molecular flexibility index (Phi) is 2.07. The van der Waals surface area contributed by atoms with Crippen molar-refractivity contribution in [2.75, 3.05) is 0 Å². The number of aromatic amines is 1. The van der Waals surface area contributed by atoms with E-state index in [1.165, 1.54) is 5.39 Å². The minimum absolute atomic E-state index is 0.843. The van der Waals surface area contributed by atoms with E-state index < -0.39 is 0 Å². The normalized spacial score (nSPS) is 11.1. The lowest BCUT2D eigenvalue weighted by atomic mass is 10.1. The van der Waals surface area contributed by atoms with Crippen LogP contribution in [-0.4, -0.2) is 19.7 Å². The van der Waals surface area contributed by atoms with Gasteiger partial charge in [0, 0.05) is 36.0 Å². The van der Waals surface area contributed by atoms with Gasteiger partial charge in [-0.1, -0.05) is 0 Å². The fourth-order valence-corrected chi connectivity index (χ4v) is 2.21. The van der Waals surface area contributed by atoms with Crippen LogP contribution in [0.1, 0.15) is 0 Å². The molecule has 0 atom stereocenters. The molecule has 0 fully saturated rings. The highest BCUT2D eigenvalue weighted by atomic mass is 79.9. The number of nitrogens with one attached hydrogen (secondary N) is 1. The van der Waals surface area contributed by atoms with Gasteiger partial charge in [0.2, 0.25) is 0 Å². The number of halogens is 1. The Morgan fingerprint density at radius 1 is 1.38 bits per heavy atom. The molecule has 3 rings (SSSR count). The number of rotatable bonds is 1. The van der Waals surface area contributed by atoms with E-state index in [4.69, 9.17) is 0 Å². The summed E-state index contributed by atoms with van der Waals surface area (Å²) in [5.74, 6) is 0. The molecule has 0 aliphatic rings. The highest BCUT2D eigenvalue weighted by Crippen LogP contribution is 2.30. The van der Waals surface area contributed by atoms with E-state index in [2.05, 4.69) is 41.9 Å². The lowest BCUT2D eigenvalue weighted by Gasteiger charge is -1.95. The topological polar surface area (TPSA) is 46.5 Å². The molecule has 80 valence electrons. The zero-order valence-electron chi connectivity index (χ0n) is 8.61. The summed E-state index contributed by atoms with van der Waals surface area (Å²) in [7, 11) is 2.02. The van der Waals surface area contributed by atoms with E-state index in [-0.39, 0.29) is 0 Å². The number of hydrogen-bond donors (Lipinski definition) is 1. The van der Waals surface area contributed by atoms with Crippen molar-refractivity contribution in [2.45, 2.75) is 0 Å². The van der Waals surface area contributed by atoms with Gasteiger partial charge in [-0.2, -0.15) is 5.10 Å². The van der Waals surface area contributed by atoms with Gasteiger partial charge >= 0.3 is 0 Å². The molecule has 0 radical (unpaired) electrons. The first kappa shape index (κ1) is 9.59. The van der Waals surface area contributed by atoms with Crippen LogP contribution in [0.25, 0.3) is 22.0 Å². The molecule has 3 aromatic heterocycles. The van der Waals surface area contributed by atoms with Crippen molar-refractivity contribution in [3.8, 4) is 11.1 Å². The molecule has 0 aliphatic heterocycles. The van der Waals surface area contributed by atoms with Gasteiger partial charge in [0.25, 0.3) is 0 Å². The fourth-order valence-electron chi connectivity index (χ4n) is 1.88. The van der Waals surface area contributed by atoms with Crippen molar-refractivity contribution in [1.82, 2.24) is 19.7 Å². The molecule has 5 heteroatoms. The SMILES string of the molecule is Cn1cc(-c2cn[nH]c2)c2cc(Br)ncc21. The molecule has 0 aromatic carbocycles. The molecule has 3 aromatic rings. The quantitative estimate of drug-likeness (QED) is 0.695. The largest absolute Gasteiger partial charge is 0.349 e. The molecule has 0 saturated carbocycles. The summed E-state index contributed by atoms with van der Waals surface area (Å²) >= 11 is 3.40. The zero-order valence-corrected chi connectivity index (χ0v) is 10.2. The van der Waals surface area contributed by atoms with Gasteiger partial charge in [-0.3, -0.25) is 5.10 Å². The van der Waals surface area contributed by atoms with Gasteiger partial charge in [-0.25, -0.2) is 4.98 Å². The van der Waals surface area contributed by atoms with Crippen molar-refractivity contribution in [1.29, 1.82) is 0 Å². The van der Waals surface area contributed by atoms with Crippen LogP contribution in [0.3, 0.4) is 0 Å². The first-order valence-electron chi connectivity index (χ1n) is 4.85. The van der Waals surface area contributed by atoms with E-state index in [0.717, 1.165) is 21.2 Å². The maximum atomic E-state index is 4.24. The number of aryl methyl sites for hydroxylation is 1. The van der Waals surface area contributed by atoms with Crippen molar-refractivity contribution < 1.29 is 0 Å². The molecule has 3 heterocycles. The molecule has 0 saturated heterocycles. The zero-order chi connectivity index (χ0) is 11.1. The monoisotopic (exact) mass is 276 g/mol. The van der Waals surface area contributed by atoms with Crippen LogP contribution >= 0.6 is 15.9 Å². The second-order valence-corrected chi connectivity index (χ2v) is 4.48. The molecule has 0 bridgehead atoms. The molecule has 1 N–H and O–H groups in total. The molecular formula is C11H9BrN4. The molecule has 4 nitrogen and oxygen atoms in total. The summed E-state index contributed by atoms with van der Waals surface area (Å²) in [5, 5.41) is 7.98. The van der Waals surface area contributed by atoms with Gasteiger partial charge < -0.3 is 4.57 Å². The molecule has 0 spiro atoms. The van der Waals surface area contributed by atoms with Gasteiger partial charge in [-0.05, 0) is 22.0 Å². The fraction of sp³-hybridized carbons (Fsp3) is 0.0909. The average Bonchev–Trinajstić information content (AvgIpc) is 2.86. The number of fused-ring (bicyclic) bond motifs is 1. The predicted octanol–water partition coefficient (Wildman–Crippen LogP) is 2.73. The Hall–Kier alpha value is -1.62. The van der Waals surface area contributed by atoms with E-state index in [0.29, 0.717) is 0 Å². The third-order valence-corrected chi connectivity index (χ3v) is 3.09. The molecule has 0 aliphatic carbocycles.